The molecule has 0 bridgehead atoms. The monoisotopic (exact) mass is 595 g/mol. The second-order valence-corrected chi connectivity index (χ2v) is 10.4. The number of rotatable bonds is 9. The number of alkyl halides is 5. The molecule has 0 amide bonds. The number of nitrogens with zero attached hydrogens (tertiary/aromatic N) is 4. The van der Waals surface area contributed by atoms with E-state index in [-0.39, 0.29) is 31.0 Å². The van der Waals surface area contributed by atoms with Crippen molar-refractivity contribution in [1.82, 2.24) is 0 Å². The highest BCUT2D eigenvalue weighted by atomic mass is 19.4. The summed E-state index contributed by atoms with van der Waals surface area (Å²) in [5.41, 5.74) is 2.16. The Labute approximate surface area is 248 Å². The van der Waals surface area contributed by atoms with E-state index in [9.17, 15) is 22.0 Å². The van der Waals surface area contributed by atoms with Gasteiger partial charge in [-0.1, -0.05) is 39.0 Å². The molecule has 1 saturated heterocycles. The summed E-state index contributed by atoms with van der Waals surface area (Å²) in [5, 5.41) is 2.57. The van der Waals surface area contributed by atoms with Gasteiger partial charge in [0.25, 0.3) is 0 Å². The average Bonchev–Trinajstić information content (AvgIpc) is 2.95. The molecule has 1 heterocycles. The summed E-state index contributed by atoms with van der Waals surface area (Å²) < 4.78 is 63.0. The van der Waals surface area contributed by atoms with Crippen molar-refractivity contribution in [2.75, 3.05) is 36.4 Å². The number of halogens is 5. The largest absolute Gasteiger partial charge is 0.416 e. The molecule has 5 nitrogen and oxygen atoms in total. The molecule has 234 valence electrons. The lowest BCUT2D eigenvalue weighted by molar-refractivity contribution is -0.137. The maximum atomic E-state index is 12.6. The van der Waals surface area contributed by atoms with Gasteiger partial charge < -0.3 is 15.2 Å². The van der Waals surface area contributed by atoms with Crippen molar-refractivity contribution in [2.24, 2.45) is 20.9 Å². The van der Waals surface area contributed by atoms with E-state index >= 15 is 0 Å². The predicted octanol–water partition coefficient (Wildman–Crippen LogP) is 9.19. The molecule has 10 heteroatoms. The van der Waals surface area contributed by atoms with Gasteiger partial charge in [0.1, 0.15) is 0 Å². The molecule has 1 unspecified atom stereocenters. The van der Waals surface area contributed by atoms with Crippen molar-refractivity contribution in [1.29, 1.82) is 0 Å². The number of benzene rings is 2. The number of anilines is 2. The Morgan fingerprint density at radius 1 is 1.02 bits per heavy atom. The summed E-state index contributed by atoms with van der Waals surface area (Å²) in [7, 11) is 0. The molecular weight excluding hydrogens is 549 g/mol. The van der Waals surface area contributed by atoms with Crippen LogP contribution < -0.4 is 10.2 Å². The Kier molecular flexibility index (Phi) is 16.6. The summed E-state index contributed by atoms with van der Waals surface area (Å²) in [6, 6.07) is 13.6. The van der Waals surface area contributed by atoms with Crippen LogP contribution in [0.15, 0.2) is 63.5 Å². The Balaban J connectivity index is 0.000000378. The molecule has 2 aromatic rings. The summed E-state index contributed by atoms with van der Waals surface area (Å²) in [5.74, 6) is -1.94. The number of hydrogen-bond donors (Lipinski definition) is 1. The Morgan fingerprint density at radius 2 is 1.71 bits per heavy atom. The Bertz CT molecular complexity index is 1080. The van der Waals surface area contributed by atoms with Crippen LogP contribution in [-0.2, 0) is 12.6 Å². The molecule has 0 spiro atoms. The molecule has 1 fully saturated rings. The fourth-order valence-electron chi connectivity index (χ4n) is 4.13. The molecule has 2 aromatic carbocycles. The molecule has 0 saturated carbocycles. The summed E-state index contributed by atoms with van der Waals surface area (Å²) in [6.45, 7) is 17.4. The second-order valence-electron chi connectivity index (χ2n) is 10.4. The highest BCUT2D eigenvalue weighted by Crippen LogP contribution is 2.30. The van der Waals surface area contributed by atoms with Crippen LogP contribution in [0.5, 0.6) is 0 Å². The quantitative estimate of drug-likeness (QED) is 0.136. The normalized spacial score (nSPS) is 15.5. The van der Waals surface area contributed by atoms with Crippen LogP contribution in [-0.4, -0.2) is 51.5 Å². The lowest BCUT2D eigenvalue weighted by Crippen LogP contribution is -2.34. The SMILES string of the molecule is C=NC(=NCCCC(C)(F)F)Nc1cccc(C(F)(F)F)c1.C=NCCC.CCc1ccc(N2CCCC(C)C2)cc1. The first-order valence-corrected chi connectivity index (χ1v) is 14.4. The van der Waals surface area contributed by atoms with Crippen LogP contribution >= 0.6 is 0 Å². The molecular formula is C32H46F5N5. The van der Waals surface area contributed by atoms with Crippen molar-refractivity contribution in [2.45, 2.75) is 78.3 Å². The highest BCUT2D eigenvalue weighted by molar-refractivity contribution is 5.96. The average molecular weight is 596 g/mol. The fraction of sp³-hybridized carbons (Fsp3) is 0.531. The minimum absolute atomic E-state index is 0.0151. The maximum absolute atomic E-state index is 12.6. The van der Waals surface area contributed by atoms with Crippen molar-refractivity contribution in [3.63, 3.8) is 0 Å². The number of aliphatic imine (C=N–C) groups is 3. The van der Waals surface area contributed by atoms with Crippen molar-refractivity contribution in [3.05, 3.63) is 59.7 Å². The van der Waals surface area contributed by atoms with E-state index in [4.69, 9.17) is 0 Å². The third kappa shape index (κ3) is 15.6. The Hall–Kier alpha value is -3.30. The smallest absolute Gasteiger partial charge is 0.371 e. The molecule has 0 aromatic heterocycles. The summed E-state index contributed by atoms with van der Waals surface area (Å²) in [4.78, 5) is 13.5. The molecule has 1 aliphatic rings. The van der Waals surface area contributed by atoms with Crippen molar-refractivity contribution >= 4 is 30.8 Å². The molecule has 1 atom stereocenters. The van der Waals surface area contributed by atoms with E-state index < -0.39 is 17.7 Å². The zero-order valence-corrected chi connectivity index (χ0v) is 25.4. The standard InChI is InChI=1S/C14H16F5N3.C14H21N.C4H9N/c1-13(15,16)7-4-8-21-12(20-2)22-11-6-3-5-10(9-11)14(17,18)19;1-3-13-6-8-14(9-7-13)15-10-4-5-12(2)11-15;1-3-4-5-2/h3,5-6,9H,2,4,7-8H2,1H3,(H,21,22);6-9,12H,3-5,10-11H2,1-2H3;2-4H2,1H3. The van der Waals surface area contributed by atoms with Crippen LogP contribution in [0, 0.1) is 5.92 Å². The van der Waals surface area contributed by atoms with Crippen molar-refractivity contribution < 1.29 is 22.0 Å². The van der Waals surface area contributed by atoms with Gasteiger partial charge in [-0.2, -0.15) is 13.2 Å². The summed E-state index contributed by atoms with van der Waals surface area (Å²) >= 11 is 0. The van der Waals surface area contributed by atoms with E-state index in [1.807, 2.05) is 0 Å². The van der Waals surface area contributed by atoms with Gasteiger partial charge in [0.05, 0.1) is 5.56 Å². The number of nitrogens with one attached hydrogen (secondary N) is 1. The van der Waals surface area contributed by atoms with E-state index in [1.54, 1.807) is 0 Å². The first kappa shape index (κ1) is 36.7. The van der Waals surface area contributed by atoms with E-state index in [1.165, 1.54) is 49.3 Å². The molecule has 0 radical (unpaired) electrons. The number of aryl methyl sites for hydroxylation is 1. The van der Waals surface area contributed by atoms with E-state index in [0.717, 1.165) is 44.4 Å². The second kappa shape index (κ2) is 19.0. The molecule has 3 rings (SSSR count). The minimum Gasteiger partial charge on any atom is -0.371 e. The van der Waals surface area contributed by atoms with Crippen LogP contribution in [0.3, 0.4) is 0 Å². The maximum Gasteiger partial charge on any atom is 0.416 e. The van der Waals surface area contributed by atoms with Gasteiger partial charge in [-0.15, -0.1) is 0 Å². The lowest BCUT2D eigenvalue weighted by Gasteiger charge is -2.32. The van der Waals surface area contributed by atoms with Crippen LogP contribution in [0.25, 0.3) is 0 Å². The first-order chi connectivity index (χ1) is 19.8. The third-order valence-electron chi connectivity index (χ3n) is 6.38. The lowest BCUT2D eigenvalue weighted by atomic mass is 9.99. The molecule has 1 aliphatic heterocycles. The zero-order valence-electron chi connectivity index (χ0n) is 25.4. The number of hydrogen-bond acceptors (Lipinski definition) is 3. The van der Waals surface area contributed by atoms with Gasteiger partial charge in [-0.05, 0) is 94.3 Å². The van der Waals surface area contributed by atoms with Gasteiger partial charge in [0, 0.05) is 44.0 Å². The zero-order chi connectivity index (χ0) is 31.6. The van der Waals surface area contributed by atoms with Crippen LogP contribution in [0.4, 0.5) is 33.3 Å². The topological polar surface area (TPSA) is 52.4 Å². The van der Waals surface area contributed by atoms with Gasteiger partial charge >= 0.3 is 6.18 Å². The fourth-order valence-corrected chi connectivity index (χ4v) is 4.13. The highest BCUT2D eigenvalue weighted by Gasteiger charge is 2.30. The van der Waals surface area contributed by atoms with Gasteiger partial charge in [0.15, 0.2) is 0 Å². The molecule has 0 aliphatic carbocycles. The molecule has 1 N–H and O–H groups in total. The number of piperidine rings is 1. The number of guanidine groups is 1. The minimum atomic E-state index is -4.46. The third-order valence-corrected chi connectivity index (χ3v) is 6.38. The first-order valence-electron chi connectivity index (χ1n) is 14.4. The van der Waals surface area contributed by atoms with Crippen LogP contribution in [0.1, 0.15) is 70.9 Å². The van der Waals surface area contributed by atoms with E-state index in [2.05, 4.69) is 83.7 Å². The van der Waals surface area contributed by atoms with E-state index in [0.29, 0.717) is 0 Å². The predicted molar refractivity (Wildman–Crippen MR) is 168 cm³/mol. The summed E-state index contributed by atoms with van der Waals surface area (Å²) in [6.07, 6.45) is 0.334. The van der Waals surface area contributed by atoms with Gasteiger partial charge in [-0.25, -0.2) is 13.8 Å². The molecule has 42 heavy (non-hydrogen) atoms. The van der Waals surface area contributed by atoms with Crippen LogP contribution in [0.2, 0.25) is 0 Å². The van der Waals surface area contributed by atoms with Gasteiger partial charge in [-0.3, -0.25) is 4.99 Å². The van der Waals surface area contributed by atoms with Crippen molar-refractivity contribution in [3.8, 4) is 0 Å². The Morgan fingerprint density at radius 3 is 2.21 bits per heavy atom. The van der Waals surface area contributed by atoms with Gasteiger partial charge in [0.2, 0.25) is 11.9 Å².